The quantitative estimate of drug-likeness (QED) is 0.396. The van der Waals surface area contributed by atoms with E-state index in [2.05, 4.69) is 14.0 Å². The number of para-hydroxylation sites is 1. The van der Waals surface area contributed by atoms with E-state index < -0.39 is 11.6 Å². The predicted octanol–water partition coefficient (Wildman–Crippen LogP) is 4.54. The number of benzene rings is 3. The number of quaternary nitrogens is 1. The fourth-order valence-electron chi connectivity index (χ4n) is 5.02. The molecule has 0 amide bonds. The maximum Gasteiger partial charge on any atom is 0.348 e. The lowest BCUT2D eigenvalue weighted by Gasteiger charge is -2.42. The van der Waals surface area contributed by atoms with Crippen LogP contribution in [0.5, 0.6) is 5.75 Å². The van der Waals surface area contributed by atoms with E-state index in [1.54, 1.807) is 24.3 Å². The average molecular weight is 461 g/mol. The summed E-state index contributed by atoms with van der Waals surface area (Å²) in [6.45, 7) is 4.58. The van der Waals surface area contributed by atoms with Crippen LogP contribution in [-0.4, -0.2) is 54.4 Å². The summed E-state index contributed by atoms with van der Waals surface area (Å²) < 4.78 is 12.9. The Bertz CT molecular complexity index is 1020. The molecular formula is C29H34NO4+. The highest BCUT2D eigenvalue weighted by molar-refractivity contribution is 5.85. The lowest BCUT2D eigenvalue weighted by Crippen LogP contribution is -2.57. The lowest BCUT2D eigenvalue weighted by atomic mass is 9.86. The van der Waals surface area contributed by atoms with Crippen molar-refractivity contribution in [2.75, 3.05) is 26.7 Å². The Morgan fingerprint density at radius 1 is 0.971 bits per heavy atom. The smallest absolute Gasteiger partial charge is 0.348 e. The van der Waals surface area contributed by atoms with Gasteiger partial charge < -0.3 is 19.1 Å². The van der Waals surface area contributed by atoms with Gasteiger partial charge in [-0.15, -0.1) is 0 Å². The Morgan fingerprint density at radius 3 is 2.06 bits per heavy atom. The number of carbonyl (C=O) groups is 1. The van der Waals surface area contributed by atoms with Gasteiger partial charge in [0.25, 0.3) is 0 Å². The third-order valence-corrected chi connectivity index (χ3v) is 6.60. The molecule has 4 rings (SSSR count). The van der Waals surface area contributed by atoms with Crippen LogP contribution in [0.4, 0.5) is 0 Å². The summed E-state index contributed by atoms with van der Waals surface area (Å²) >= 11 is 0. The molecule has 0 bridgehead atoms. The van der Waals surface area contributed by atoms with E-state index in [1.165, 1.54) is 0 Å². The van der Waals surface area contributed by atoms with Crippen molar-refractivity contribution in [3.8, 4) is 5.75 Å². The van der Waals surface area contributed by atoms with Gasteiger partial charge in [0.05, 0.1) is 13.6 Å². The van der Waals surface area contributed by atoms with Crippen molar-refractivity contribution < 1.29 is 23.9 Å². The van der Waals surface area contributed by atoms with E-state index in [1.807, 2.05) is 66.7 Å². The Hall–Kier alpha value is -3.15. The van der Waals surface area contributed by atoms with Crippen molar-refractivity contribution in [3.05, 3.63) is 102 Å². The molecule has 1 fully saturated rings. The van der Waals surface area contributed by atoms with Gasteiger partial charge in [0.2, 0.25) is 5.60 Å². The lowest BCUT2D eigenvalue weighted by molar-refractivity contribution is -0.919. The number of likely N-dealkylation sites (N-methyl/N-ethyl adjacent to an activating group) is 1. The summed E-state index contributed by atoms with van der Waals surface area (Å²) in [5.74, 6) is 0.231. The van der Waals surface area contributed by atoms with Crippen molar-refractivity contribution in [3.63, 3.8) is 0 Å². The summed E-state index contributed by atoms with van der Waals surface area (Å²) in [5.41, 5.74) is -0.846. The zero-order chi connectivity index (χ0) is 24.0. The molecule has 0 radical (unpaired) electrons. The van der Waals surface area contributed by atoms with E-state index in [9.17, 15) is 9.90 Å². The van der Waals surface area contributed by atoms with Gasteiger partial charge in [-0.05, 0) is 36.6 Å². The molecule has 0 aliphatic carbocycles. The zero-order valence-electron chi connectivity index (χ0n) is 20.0. The minimum atomic E-state index is -1.85. The van der Waals surface area contributed by atoms with Crippen LogP contribution in [0.25, 0.3) is 0 Å². The van der Waals surface area contributed by atoms with Gasteiger partial charge in [-0.3, -0.25) is 0 Å². The highest BCUT2D eigenvalue weighted by atomic mass is 16.6. The van der Waals surface area contributed by atoms with Gasteiger partial charge in [-0.1, -0.05) is 78.9 Å². The van der Waals surface area contributed by atoms with Crippen LogP contribution in [0, 0.1) is 0 Å². The van der Waals surface area contributed by atoms with Crippen LogP contribution in [-0.2, 0) is 15.1 Å². The fraction of sp³-hybridized carbons (Fsp3) is 0.345. The first-order valence-corrected chi connectivity index (χ1v) is 12.0. The van der Waals surface area contributed by atoms with Crippen molar-refractivity contribution >= 4 is 5.97 Å². The van der Waals surface area contributed by atoms with Gasteiger partial charge in [-0.25, -0.2) is 4.79 Å². The highest BCUT2D eigenvalue weighted by Crippen LogP contribution is 2.32. The van der Waals surface area contributed by atoms with E-state index in [0.717, 1.165) is 36.2 Å². The number of carbonyl (C=O) groups excluding carboxylic acids is 1. The van der Waals surface area contributed by atoms with Crippen molar-refractivity contribution in [1.82, 2.24) is 0 Å². The molecule has 1 N–H and O–H groups in total. The molecule has 0 saturated carbocycles. The molecule has 1 heterocycles. The van der Waals surface area contributed by atoms with Crippen LogP contribution in [0.3, 0.4) is 0 Å². The Balaban J connectivity index is 1.47. The van der Waals surface area contributed by atoms with Crippen molar-refractivity contribution in [1.29, 1.82) is 0 Å². The summed E-state index contributed by atoms with van der Waals surface area (Å²) in [7, 11) is 2.19. The van der Waals surface area contributed by atoms with Gasteiger partial charge in [0.1, 0.15) is 24.9 Å². The number of hydrogen-bond donors (Lipinski definition) is 1. The number of rotatable bonds is 8. The monoisotopic (exact) mass is 460 g/mol. The van der Waals surface area contributed by atoms with Gasteiger partial charge >= 0.3 is 5.97 Å². The molecular weight excluding hydrogens is 426 g/mol. The molecule has 5 nitrogen and oxygen atoms in total. The fourth-order valence-corrected chi connectivity index (χ4v) is 5.02. The minimum Gasteiger partial charge on any atom is -0.485 e. The molecule has 1 saturated heterocycles. The van der Waals surface area contributed by atoms with Gasteiger partial charge in [0, 0.05) is 6.42 Å². The number of piperidine rings is 1. The second-order valence-corrected chi connectivity index (χ2v) is 9.56. The van der Waals surface area contributed by atoms with Crippen LogP contribution in [0.2, 0.25) is 0 Å². The van der Waals surface area contributed by atoms with Crippen LogP contribution >= 0.6 is 0 Å². The highest BCUT2D eigenvalue weighted by Gasteiger charge is 2.44. The number of aliphatic hydroxyl groups is 1. The molecule has 3 aromatic carbocycles. The minimum absolute atomic E-state index is 0.0208. The summed E-state index contributed by atoms with van der Waals surface area (Å²) in [6, 6.07) is 27.9. The Kier molecular flexibility index (Phi) is 7.35. The van der Waals surface area contributed by atoms with Crippen molar-refractivity contribution in [2.45, 2.75) is 37.6 Å². The first kappa shape index (κ1) is 24.0. The molecule has 2 unspecified atom stereocenters. The number of esters is 1. The number of ether oxygens (including phenoxy) is 2. The molecule has 5 heteroatoms. The summed E-state index contributed by atoms with van der Waals surface area (Å²) in [5, 5.41) is 11.7. The predicted molar refractivity (Wildman–Crippen MR) is 132 cm³/mol. The normalized spacial score (nSPS) is 21.4. The van der Waals surface area contributed by atoms with E-state index in [0.29, 0.717) is 17.7 Å². The maximum absolute atomic E-state index is 13.5. The van der Waals surface area contributed by atoms with Crippen LogP contribution in [0.15, 0.2) is 91.0 Å². The topological polar surface area (TPSA) is 55.8 Å². The Labute approximate surface area is 202 Å². The molecule has 1 aliphatic rings. The number of likely N-dealkylation sites (tertiary alicyclic amines) is 1. The molecule has 34 heavy (non-hydrogen) atoms. The largest absolute Gasteiger partial charge is 0.485 e. The molecule has 3 atom stereocenters. The Morgan fingerprint density at radius 2 is 1.50 bits per heavy atom. The molecule has 178 valence electrons. The van der Waals surface area contributed by atoms with Crippen molar-refractivity contribution in [2.24, 2.45) is 0 Å². The number of nitrogens with zero attached hydrogens (tertiary/aromatic N) is 1. The average Bonchev–Trinajstić information content (AvgIpc) is 2.85. The first-order valence-electron chi connectivity index (χ1n) is 12.0. The van der Waals surface area contributed by atoms with Crippen LogP contribution < -0.4 is 4.74 Å². The number of hydrogen-bond acceptors (Lipinski definition) is 4. The third-order valence-electron chi connectivity index (χ3n) is 6.60. The van der Waals surface area contributed by atoms with E-state index in [-0.39, 0.29) is 12.2 Å². The van der Waals surface area contributed by atoms with Gasteiger partial charge in [-0.2, -0.15) is 0 Å². The molecule has 1 aliphatic heterocycles. The SMILES string of the molecule is CC(C[N+]1(C)CCC[C@@H](OC(=O)C(O)(c2ccccc2)c2ccccc2)C1)Oc1ccccc1. The zero-order valence-corrected chi connectivity index (χ0v) is 20.0. The van der Waals surface area contributed by atoms with E-state index >= 15 is 0 Å². The maximum atomic E-state index is 13.5. The molecule has 0 spiro atoms. The molecule has 0 aromatic heterocycles. The van der Waals surface area contributed by atoms with Gasteiger partial charge in [0.15, 0.2) is 6.10 Å². The standard InChI is InChI=1S/C29H34NO4/c1-23(33-26-17-10-5-11-18-26)21-30(2)20-12-19-27(22-30)34-28(31)29(32,24-13-6-3-7-14-24)25-15-8-4-9-16-25/h3-11,13-18,23,27,32H,12,19-22H2,1-2H3/q+1/t23?,27-,30?/m1/s1. The second kappa shape index (κ2) is 10.4. The third kappa shape index (κ3) is 5.49. The summed E-state index contributed by atoms with van der Waals surface area (Å²) in [6.07, 6.45) is 1.48. The second-order valence-electron chi connectivity index (χ2n) is 9.56. The van der Waals surface area contributed by atoms with E-state index in [4.69, 9.17) is 9.47 Å². The molecule has 3 aromatic rings. The first-order chi connectivity index (χ1) is 16.4. The summed E-state index contributed by atoms with van der Waals surface area (Å²) in [4.78, 5) is 13.5. The van der Waals surface area contributed by atoms with Crippen LogP contribution in [0.1, 0.15) is 30.9 Å².